The van der Waals surface area contributed by atoms with Crippen molar-refractivity contribution in [3.05, 3.63) is 16.3 Å². The van der Waals surface area contributed by atoms with Crippen molar-refractivity contribution in [2.24, 2.45) is 11.8 Å². The Bertz CT molecular complexity index is 653. The molecule has 0 saturated heterocycles. The number of aromatic nitrogens is 3. The van der Waals surface area contributed by atoms with Crippen LogP contribution < -0.4 is 11.0 Å². The summed E-state index contributed by atoms with van der Waals surface area (Å²) < 4.78 is 3.44. The van der Waals surface area contributed by atoms with Gasteiger partial charge in [0.05, 0.1) is 0 Å². The summed E-state index contributed by atoms with van der Waals surface area (Å²) >= 11 is 0. The summed E-state index contributed by atoms with van der Waals surface area (Å²) in [6.45, 7) is 5.67. The van der Waals surface area contributed by atoms with Gasteiger partial charge in [-0.1, -0.05) is 39.5 Å². The Morgan fingerprint density at radius 3 is 2.58 bits per heavy atom. The summed E-state index contributed by atoms with van der Waals surface area (Å²) in [4.78, 5) is 25.2. The summed E-state index contributed by atoms with van der Waals surface area (Å²) in [7, 11) is 0. The van der Waals surface area contributed by atoms with Gasteiger partial charge in [-0.15, -0.1) is 0 Å². The van der Waals surface area contributed by atoms with Gasteiger partial charge < -0.3 is 5.32 Å². The summed E-state index contributed by atoms with van der Waals surface area (Å²) in [5, 5.41) is 7.82. The van der Waals surface area contributed by atoms with Crippen molar-refractivity contribution < 1.29 is 4.79 Å². The fourth-order valence-corrected chi connectivity index (χ4v) is 4.16. The van der Waals surface area contributed by atoms with Crippen LogP contribution in [-0.2, 0) is 24.3 Å². The van der Waals surface area contributed by atoms with Crippen LogP contribution in [0.4, 0.5) is 0 Å². The molecule has 1 aliphatic heterocycles. The van der Waals surface area contributed by atoms with Crippen molar-refractivity contribution >= 4 is 5.91 Å². The quantitative estimate of drug-likeness (QED) is 0.819. The van der Waals surface area contributed by atoms with Crippen molar-refractivity contribution in [1.82, 2.24) is 19.7 Å². The van der Waals surface area contributed by atoms with Crippen LogP contribution in [-0.4, -0.2) is 26.3 Å². The number of nitrogens with one attached hydrogen (secondary N) is 1. The normalized spacial score (nSPS) is 21.9. The smallest absolute Gasteiger partial charge is 0.345 e. The number of aryl methyl sites for hydroxylation is 2. The topological polar surface area (TPSA) is 68.9 Å². The molecule has 146 valence electrons. The number of nitrogens with zero attached hydrogens (tertiary/aromatic N) is 3. The van der Waals surface area contributed by atoms with Crippen LogP contribution in [0.2, 0.25) is 0 Å². The maximum Gasteiger partial charge on any atom is 0.345 e. The van der Waals surface area contributed by atoms with Crippen LogP contribution in [0.15, 0.2) is 4.79 Å². The van der Waals surface area contributed by atoms with E-state index in [1.165, 1.54) is 25.7 Å². The van der Waals surface area contributed by atoms with Gasteiger partial charge in [-0.25, -0.2) is 9.48 Å². The van der Waals surface area contributed by atoms with E-state index in [2.05, 4.69) is 24.3 Å². The molecule has 1 atom stereocenters. The van der Waals surface area contributed by atoms with E-state index in [4.69, 9.17) is 0 Å². The fraction of sp³-hybridized carbons (Fsp3) is 0.850. The maximum atomic E-state index is 12.6. The van der Waals surface area contributed by atoms with Crippen LogP contribution >= 0.6 is 0 Å². The molecule has 1 aromatic heterocycles. The Kier molecular flexibility index (Phi) is 6.54. The number of carbonyl (C=O) groups excluding carboxylic acids is 1. The van der Waals surface area contributed by atoms with Crippen LogP contribution in [0.25, 0.3) is 0 Å². The van der Waals surface area contributed by atoms with Gasteiger partial charge in [0.1, 0.15) is 5.82 Å². The Morgan fingerprint density at radius 2 is 1.88 bits per heavy atom. The van der Waals surface area contributed by atoms with Crippen molar-refractivity contribution in [3.8, 4) is 0 Å². The van der Waals surface area contributed by atoms with E-state index in [9.17, 15) is 9.59 Å². The average molecular weight is 363 g/mol. The van der Waals surface area contributed by atoms with E-state index in [-0.39, 0.29) is 23.6 Å². The highest BCUT2D eigenvalue weighted by Crippen LogP contribution is 2.23. The highest BCUT2D eigenvalue weighted by Gasteiger charge is 2.25. The molecule has 2 heterocycles. The molecule has 0 aromatic carbocycles. The molecule has 1 saturated carbocycles. The molecule has 2 aliphatic rings. The average Bonchev–Trinajstić information content (AvgIpc) is 2.85. The second-order valence-electron chi connectivity index (χ2n) is 8.48. The standard InChI is InChI=1S/C20H34N4O2/c1-15(2)11-14-24-20(26)23-13-12-17(9-10-18(23)22-24)21-19(25)16-7-5-3-4-6-8-16/h15-17H,3-14H2,1-2H3,(H,21,25). The molecule has 1 fully saturated rings. The van der Waals surface area contributed by atoms with Gasteiger partial charge in [0.2, 0.25) is 5.91 Å². The summed E-state index contributed by atoms with van der Waals surface area (Å²) in [5.41, 5.74) is 0.0106. The summed E-state index contributed by atoms with van der Waals surface area (Å²) in [6.07, 6.45) is 10.4. The van der Waals surface area contributed by atoms with E-state index in [1.54, 1.807) is 4.68 Å². The largest absolute Gasteiger partial charge is 0.353 e. The third-order valence-corrected chi connectivity index (χ3v) is 5.91. The lowest BCUT2D eigenvalue weighted by molar-refractivity contribution is -0.126. The lowest BCUT2D eigenvalue weighted by Gasteiger charge is -2.20. The zero-order chi connectivity index (χ0) is 18.5. The first-order chi connectivity index (χ1) is 12.5. The number of amides is 1. The van der Waals surface area contributed by atoms with E-state index in [1.807, 2.05) is 4.57 Å². The van der Waals surface area contributed by atoms with Gasteiger partial charge in [-0.3, -0.25) is 9.36 Å². The highest BCUT2D eigenvalue weighted by molar-refractivity contribution is 5.78. The van der Waals surface area contributed by atoms with Gasteiger partial charge in [0.15, 0.2) is 0 Å². The van der Waals surface area contributed by atoms with E-state index in [0.29, 0.717) is 19.0 Å². The SMILES string of the molecule is CC(C)CCn1nc2n(c1=O)CCC(NC(=O)C1CCCCCC1)CC2. The Labute approximate surface area is 156 Å². The molecule has 1 amide bonds. The van der Waals surface area contributed by atoms with Crippen molar-refractivity contribution in [2.75, 3.05) is 0 Å². The van der Waals surface area contributed by atoms with E-state index >= 15 is 0 Å². The van der Waals surface area contributed by atoms with Crippen molar-refractivity contribution in [1.29, 1.82) is 0 Å². The van der Waals surface area contributed by atoms with E-state index < -0.39 is 0 Å². The zero-order valence-electron chi connectivity index (χ0n) is 16.4. The highest BCUT2D eigenvalue weighted by atomic mass is 16.2. The first-order valence-electron chi connectivity index (χ1n) is 10.5. The number of hydrogen-bond donors (Lipinski definition) is 1. The molecule has 0 radical (unpaired) electrons. The third-order valence-electron chi connectivity index (χ3n) is 5.91. The second-order valence-corrected chi connectivity index (χ2v) is 8.48. The second kappa shape index (κ2) is 8.87. The molecule has 1 aliphatic carbocycles. The van der Waals surface area contributed by atoms with Gasteiger partial charge in [0, 0.05) is 31.5 Å². The van der Waals surface area contributed by atoms with E-state index in [0.717, 1.165) is 44.3 Å². The number of carbonyl (C=O) groups is 1. The number of rotatable bonds is 5. The molecule has 3 rings (SSSR count). The van der Waals surface area contributed by atoms with Crippen LogP contribution in [0.3, 0.4) is 0 Å². The minimum atomic E-state index is 0.0106. The number of hydrogen-bond acceptors (Lipinski definition) is 3. The van der Waals surface area contributed by atoms with Crippen LogP contribution in [0, 0.1) is 11.8 Å². The molecule has 0 bridgehead atoms. The molecule has 1 unspecified atom stereocenters. The van der Waals surface area contributed by atoms with Crippen molar-refractivity contribution in [2.45, 2.75) is 97.2 Å². The predicted molar refractivity (Wildman–Crippen MR) is 102 cm³/mol. The fourth-order valence-electron chi connectivity index (χ4n) is 4.16. The Hall–Kier alpha value is -1.59. The molecule has 1 aromatic rings. The first-order valence-corrected chi connectivity index (χ1v) is 10.5. The van der Waals surface area contributed by atoms with Gasteiger partial charge in [-0.2, -0.15) is 5.10 Å². The van der Waals surface area contributed by atoms with Gasteiger partial charge >= 0.3 is 5.69 Å². The Morgan fingerprint density at radius 1 is 1.15 bits per heavy atom. The van der Waals surface area contributed by atoms with Crippen LogP contribution in [0.5, 0.6) is 0 Å². The Balaban J connectivity index is 1.56. The van der Waals surface area contributed by atoms with Crippen LogP contribution in [0.1, 0.15) is 77.5 Å². The minimum absolute atomic E-state index is 0.0106. The lowest BCUT2D eigenvalue weighted by atomic mass is 9.98. The molecule has 26 heavy (non-hydrogen) atoms. The monoisotopic (exact) mass is 362 g/mol. The third kappa shape index (κ3) is 4.77. The number of fused-ring (bicyclic) bond motifs is 1. The molecule has 1 N–H and O–H groups in total. The zero-order valence-corrected chi connectivity index (χ0v) is 16.4. The first kappa shape index (κ1) is 19.2. The predicted octanol–water partition coefficient (Wildman–Crippen LogP) is 2.88. The molecule has 6 heteroatoms. The van der Waals surface area contributed by atoms with Crippen molar-refractivity contribution in [3.63, 3.8) is 0 Å². The molecular weight excluding hydrogens is 328 g/mol. The molecular formula is C20H34N4O2. The molecule has 6 nitrogen and oxygen atoms in total. The van der Waals surface area contributed by atoms with Gasteiger partial charge in [-0.05, 0) is 38.0 Å². The molecule has 0 spiro atoms. The van der Waals surface area contributed by atoms with Gasteiger partial charge in [0.25, 0.3) is 0 Å². The lowest BCUT2D eigenvalue weighted by Crippen LogP contribution is -2.39. The summed E-state index contributed by atoms with van der Waals surface area (Å²) in [5.74, 6) is 1.86. The minimum Gasteiger partial charge on any atom is -0.353 e. The maximum absolute atomic E-state index is 12.6. The summed E-state index contributed by atoms with van der Waals surface area (Å²) in [6, 6.07) is 0.163.